The molecule has 0 fully saturated rings. The van der Waals surface area contributed by atoms with Crippen molar-refractivity contribution in [2.24, 2.45) is 0 Å². The molecular formula is C10H15N5O2. The van der Waals surface area contributed by atoms with Crippen LogP contribution in [0, 0.1) is 0 Å². The fourth-order valence-electron chi connectivity index (χ4n) is 1.42. The molecule has 0 unspecified atom stereocenters. The zero-order valence-electron chi connectivity index (χ0n) is 9.70. The summed E-state index contributed by atoms with van der Waals surface area (Å²) in [4.78, 5) is 4.25. The minimum Gasteiger partial charge on any atom is -0.390 e. The summed E-state index contributed by atoms with van der Waals surface area (Å²) in [6.07, 6.45) is 4.64. The highest BCUT2D eigenvalue weighted by molar-refractivity contribution is 4.92. The SMILES string of the molecule is CCCCc1noc(Cn2cc(CO)nn2)n1. The maximum Gasteiger partial charge on any atom is 0.248 e. The van der Waals surface area contributed by atoms with Crippen LogP contribution in [0.25, 0.3) is 0 Å². The van der Waals surface area contributed by atoms with Gasteiger partial charge in [-0.1, -0.05) is 23.7 Å². The van der Waals surface area contributed by atoms with Crippen LogP contribution in [0.2, 0.25) is 0 Å². The lowest BCUT2D eigenvalue weighted by molar-refractivity contribution is 0.276. The lowest BCUT2D eigenvalue weighted by Crippen LogP contribution is -2.01. The van der Waals surface area contributed by atoms with Crippen molar-refractivity contribution in [3.05, 3.63) is 23.6 Å². The monoisotopic (exact) mass is 237 g/mol. The Bertz CT molecular complexity index is 465. The number of aliphatic hydroxyl groups is 1. The predicted molar refractivity (Wildman–Crippen MR) is 58.0 cm³/mol. The van der Waals surface area contributed by atoms with Crippen molar-refractivity contribution in [1.82, 2.24) is 25.1 Å². The van der Waals surface area contributed by atoms with E-state index in [9.17, 15) is 0 Å². The molecule has 2 aromatic rings. The molecule has 0 spiro atoms. The maximum atomic E-state index is 8.85. The average molecular weight is 237 g/mol. The Morgan fingerprint density at radius 2 is 2.35 bits per heavy atom. The number of hydrogen-bond donors (Lipinski definition) is 1. The van der Waals surface area contributed by atoms with Crippen LogP contribution in [0.5, 0.6) is 0 Å². The molecular weight excluding hydrogens is 222 g/mol. The van der Waals surface area contributed by atoms with Crippen LogP contribution in [-0.4, -0.2) is 30.2 Å². The van der Waals surface area contributed by atoms with Gasteiger partial charge in [0.1, 0.15) is 12.2 Å². The van der Waals surface area contributed by atoms with E-state index in [1.807, 2.05) is 0 Å². The molecule has 1 N–H and O–H groups in total. The van der Waals surface area contributed by atoms with Gasteiger partial charge in [0.2, 0.25) is 5.89 Å². The van der Waals surface area contributed by atoms with Gasteiger partial charge in [-0.15, -0.1) is 5.10 Å². The van der Waals surface area contributed by atoms with Gasteiger partial charge in [0.25, 0.3) is 0 Å². The third-order valence-corrected chi connectivity index (χ3v) is 2.31. The molecule has 0 radical (unpaired) electrons. The summed E-state index contributed by atoms with van der Waals surface area (Å²) in [6, 6.07) is 0. The summed E-state index contributed by atoms with van der Waals surface area (Å²) in [5, 5.41) is 20.3. The fourth-order valence-corrected chi connectivity index (χ4v) is 1.42. The van der Waals surface area contributed by atoms with Crippen LogP contribution in [0.1, 0.15) is 37.2 Å². The van der Waals surface area contributed by atoms with Gasteiger partial charge >= 0.3 is 0 Å². The fraction of sp³-hybridized carbons (Fsp3) is 0.600. The first-order valence-electron chi connectivity index (χ1n) is 5.63. The Hall–Kier alpha value is -1.76. The highest BCUT2D eigenvalue weighted by Gasteiger charge is 2.08. The van der Waals surface area contributed by atoms with Crippen LogP contribution >= 0.6 is 0 Å². The smallest absolute Gasteiger partial charge is 0.248 e. The molecule has 0 bridgehead atoms. The molecule has 0 atom stereocenters. The van der Waals surface area contributed by atoms with Gasteiger partial charge in [-0.2, -0.15) is 4.98 Å². The summed E-state index contributed by atoms with van der Waals surface area (Å²) in [5.74, 6) is 1.23. The topological polar surface area (TPSA) is 89.9 Å². The molecule has 2 heterocycles. The standard InChI is InChI=1S/C10H15N5O2/c1-2-3-4-9-11-10(17-13-9)6-15-5-8(7-16)12-14-15/h5,16H,2-4,6-7H2,1H3. The van der Waals surface area contributed by atoms with Crippen molar-refractivity contribution >= 4 is 0 Å². The van der Waals surface area contributed by atoms with Gasteiger partial charge in [-0.3, -0.25) is 0 Å². The highest BCUT2D eigenvalue weighted by atomic mass is 16.5. The van der Waals surface area contributed by atoms with Crippen molar-refractivity contribution < 1.29 is 9.63 Å². The van der Waals surface area contributed by atoms with Gasteiger partial charge in [0.15, 0.2) is 5.82 Å². The van der Waals surface area contributed by atoms with Crippen LogP contribution in [0.15, 0.2) is 10.7 Å². The van der Waals surface area contributed by atoms with Gasteiger partial charge in [-0.25, -0.2) is 4.68 Å². The zero-order chi connectivity index (χ0) is 12.1. The zero-order valence-corrected chi connectivity index (χ0v) is 9.70. The number of aromatic nitrogens is 5. The Balaban J connectivity index is 1.96. The van der Waals surface area contributed by atoms with E-state index in [2.05, 4.69) is 27.4 Å². The van der Waals surface area contributed by atoms with E-state index in [0.717, 1.165) is 25.1 Å². The summed E-state index contributed by atoms with van der Waals surface area (Å²) in [5.41, 5.74) is 0.524. The first-order valence-corrected chi connectivity index (χ1v) is 5.63. The van der Waals surface area contributed by atoms with E-state index in [4.69, 9.17) is 9.63 Å². The predicted octanol–water partition coefficient (Wildman–Crippen LogP) is 0.544. The molecule has 0 aliphatic heterocycles. The third kappa shape index (κ3) is 3.10. The first-order chi connectivity index (χ1) is 8.31. The van der Waals surface area contributed by atoms with Crippen LogP contribution in [0.4, 0.5) is 0 Å². The summed E-state index contributed by atoms with van der Waals surface area (Å²) >= 11 is 0. The molecule has 0 aliphatic rings. The number of unbranched alkanes of at least 4 members (excludes halogenated alkanes) is 1. The van der Waals surface area contributed by atoms with E-state index in [0.29, 0.717) is 18.1 Å². The van der Waals surface area contributed by atoms with Crippen molar-refractivity contribution in [3.8, 4) is 0 Å². The third-order valence-electron chi connectivity index (χ3n) is 2.31. The molecule has 2 rings (SSSR count). The molecule has 17 heavy (non-hydrogen) atoms. The quantitative estimate of drug-likeness (QED) is 0.788. The number of aliphatic hydroxyl groups excluding tert-OH is 1. The summed E-state index contributed by atoms with van der Waals surface area (Å²) in [7, 11) is 0. The molecule has 7 nitrogen and oxygen atoms in total. The van der Waals surface area contributed by atoms with Crippen LogP contribution in [0.3, 0.4) is 0 Å². The molecule has 0 amide bonds. The van der Waals surface area contributed by atoms with E-state index >= 15 is 0 Å². The average Bonchev–Trinajstić information content (AvgIpc) is 2.96. The van der Waals surface area contributed by atoms with Gasteiger partial charge in [-0.05, 0) is 6.42 Å². The lowest BCUT2D eigenvalue weighted by Gasteiger charge is -1.92. The van der Waals surface area contributed by atoms with E-state index in [1.165, 1.54) is 0 Å². The minimum absolute atomic E-state index is 0.119. The van der Waals surface area contributed by atoms with E-state index in [1.54, 1.807) is 10.9 Å². The number of aryl methyl sites for hydroxylation is 1. The second kappa shape index (κ2) is 5.53. The maximum absolute atomic E-state index is 8.85. The Morgan fingerprint density at radius 3 is 3.06 bits per heavy atom. The Kier molecular flexibility index (Phi) is 3.81. The first kappa shape index (κ1) is 11.7. The molecule has 7 heteroatoms. The number of rotatable bonds is 6. The second-order valence-corrected chi connectivity index (χ2v) is 3.77. The van der Waals surface area contributed by atoms with E-state index in [-0.39, 0.29) is 6.61 Å². The van der Waals surface area contributed by atoms with Crippen molar-refractivity contribution in [2.45, 2.75) is 39.3 Å². The lowest BCUT2D eigenvalue weighted by atomic mass is 10.2. The van der Waals surface area contributed by atoms with Crippen molar-refractivity contribution in [2.75, 3.05) is 0 Å². The Morgan fingerprint density at radius 1 is 1.47 bits per heavy atom. The van der Waals surface area contributed by atoms with Crippen LogP contribution < -0.4 is 0 Å². The highest BCUT2D eigenvalue weighted by Crippen LogP contribution is 2.04. The molecule has 0 saturated carbocycles. The van der Waals surface area contributed by atoms with Crippen molar-refractivity contribution in [3.63, 3.8) is 0 Å². The largest absolute Gasteiger partial charge is 0.390 e. The molecule has 0 aromatic carbocycles. The minimum atomic E-state index is -0.119. The summed E-state index contributed by atoms with van der Waals surface area (Å²) < 4.78 is 6.65. The second-order valence-electron chi connectivity index (χ2n) is 3.77. The van der Waals surface area contributed by atoms with Gasteiger partial charge in [0, 0.05) is 6.42 Å². The normalized spacial score (nSPS) is 10.9. The van der Waals surface area contributed by atoms with Gasteiger partial charge in [0.05, 0.1) is 12.8 Å². The molecule has 0 aliphatic carbocycles. The van der Waals surface area contributed by atoms with Gasteiger partial charge < -0.3 is 9.63 Å². The van der Waals surface area contributed by atoms with Crippen LogP contribution in [-0.2, 0) is 19.6 Å². The Labute approximate surface area is 98.5 Å². The molecule has 0 saturated heterocycles. The summed E-state index contributed by atoms with van der Waals surface area (Å²) in [6.45, 7) is 2.38. The number of nitrogens with zero attached hydrogens (tertiary/aromatic N) is 5. The number of hydrogen-bond acceptors (Lipinski definition) is 6. The van der Waals surface area contributed by atoms with E-state index < -0.39 is 0 Å². The molecule has 92 valence electrons. The molecule has 2 aromatic heterocycles. The van der Waals surface area contributed by atoms with Crippen molar-refractivity contribution in [1.29, 1.82) is 0 Å².